The second kappa shape index (κ2) is 10.0. The van der Waals surface area contributed by atoms with Gasteiger partial charge in [0.25, 0.3) is 0 Å². The zero-order valence-corrected chi connectivity index (χ0v) is 27.6. The highest BCUT2D eigenvalue weighted by Gasteiger charge is 2.29. The van der Waals surface area contributed by atoms with Crippen LogP contribution in [0.4, 0.5) is 17.1 Å². The molecule has 0 aromatic heterocycles. The Bertz CT molecular complexity index is 2430. The van der Waals surface area contributed by atoms with E-state index in [0.29, 0.717) is 0 Å². The van der Waals surface area contributed by atoms with Crippen LogP contribution in [0.3, 0.4) is 0 Å². The number of fused-ring (bicyclic) bond motifs is 2. The lowest BCUT2D eigenvalue weighted by Gasteiger charge is -2.35. The lowest BCUT2D eigenvalue weighted by Crippen LogP contribution is -2.16. The molecule has 1 aliphatic rings. The van der Waals surface area contributed by atoms with Crippen molar-refractivity contribution in [3.05, 3.63) is 150 Å². The van der Waals surface area contributed by atoms with Gasteiger partial charge in [-0.3, -0.25) is 0 Å². The third-order valence-corrected chi connectivity index (χ3v) is 10.2. The number of hydrogen-bond donors (Lipinski definition) is 0. The SMILES string of the molecule is Cc1ccc(-c2cc(-c3ccc(C)cc3)cc(N3c4ccccc4-c4ccc5ccc6cc(C(C)(C)C)cc7cc3c4c5c67)c2)cc1. The quantitative estimate of drug-likeness (QED) is 0.182. The summed E-state index contributed by atoms with van der Waals surface area (Å²) in [6.07, 6.45) is 0. The first kappa shape index (κ1) is 27.9. The fourth-order valence-corrected chi connectivity index (χ4v) is 7.62. The van der Waals surface area contributed by atoms with Crippen LogP contribution < -0.4 is 4.90 Å². The Balaban J connectivity index is 1.39. The van der Waals surface area contributed by atoms with Gasteiger partial charge in [0, 0.05) is 22.0 Å². The zero-order valence-electron chi connectivity index (χ0n) is 27.6. The average molecular weight is 604 g/mol. The van der Waals surface area contributed by atoms with Crippen LogP contribution in [0.25, 0.3) is 65.7 Å². The predicted octanol–water partition coefficient (Wildman–Crippen LogP) is 13.3. The first-order chi connectivity index (χ1) is 22.7. The summed E-state index contributed by atoms with van der Waals surface area (Å²) in [6, 6.07) is 50.5. The second-order valence-electron chi connectivity index (χ2n) is 14.4. The average Bonchev–Trinajstić information content (AvgIpc) is 3.07. The standard InChI is InChI=1S/C46H37N/c1-28-10-14-30(15-11-28)34-22-35(31-16-12-29(2)13-17-31)26-38(25-34)47-41-9-7-6-8-39(41)40-21-20-32-18-19-33-23-37(46(3,4)5)24-36-27-42(47)45(40)44(32)43(33)36/h6-27H,1-5H3. The Morgan fingerprint density at radius 3 is 1.68 bits per heavy atom. The molecular weight excluding hydrogens is 567 g/mol. The van der Waals surface area contributed by atoms with Crippen LogP contribution in [0, 0.1) is 13.8 Å². The van der Waals surface area contributed by atoms with E-state index in [4.69, 9.17) is 0 Å². The van der Waals surface area contributed by atoms with Crippen LogP contribution in [-0.4, -0.2) is 0 Å². The molecular formula is C46H37N. The molecule has 1 heterocycles. The lowest BCUT2D eigenvalue weighted by molar-refractivity contribution is 0.591. The van der Waals surface area contributed by atoms with Gasteiger partial charge < -0.3 is 4.90 Å². The summed E-state index contributed by atoms with van der Waals surface area (Å²) < 4.78 is 0. The minimum absolute atomic E-state index is 0.0461. The van der Waals surface area contributed by atoms with Crippen LogP contribution in [0.1, 0.15) is 37.5 Å². The number of anilines is 3. The maximum Gasteiger partial charge on any atom is 0.0553 e. The highest BCUT2D eigenvalue weighted by molar-refractivity contribution is 6.31. The molecule has 0 spiro atoms. The maximum atomic E-state index is 2.53. The summed E-state index contributed by atoms with van der Waals surface area (Å²) in [5, 5.41) is 7.97. The Morgan fingerprint density at radius 2 is 1.02 bits per heavy atom. The third-order valence-electron chi connectivity index (χ3n) is 10.2. The monoisotopic (exact) mass is 603 g/mol. The molecule has 1 nitrogen and oxygen atoms in total. The fourth-order valence-electron chi connectivity index (χ4n) is 7.62. The number of hydrogen-bond acceptors (Lipinski definition) is 1. The molecule has 8 aromatic rings. The van der Waals surface area contributed by atoms with Gasteiger partial charge in [-0.15, -0.1) is 0 Å². The Labute approximate surface area is 277 Å². The van der Waals surface area contributed by atoms with Crippen molar-refractivity contribution in [1.29, 1.82) is 0 Å². The van der Waals surface area contributed by atoms with Gasteiger partial charge in [-0.1, -0.05) is 135 Å². The Morgan fingerprint density at radius 1 is 0.426 bits per heavy atom. The van der Waals surface area contributed by atoms with Crippen LogP contribution >= 0.6 is 0 Å². The van der Waals surface area contributed by atoms with E-state index in [1.807, 2.05) is 0 Å². The normalized spacial score (nSPS) is 12.7. The molecule has 0 bridgehead atoms. The molecule has 0 N–H and O–H groups in total. The van der Waals surface area contributed by atoms with E-state index < -0.39 is 0 Å². The predicted molar refractivity (Wildman–Crippen MR) is 203 cm³/mol. The Hall–Kier alpha value is -5.40. The van der Waals surface area contributed by atoms with Crippen molar-refractivity contribution < 1.29 is 0 Å². The number of benzene rings is 8. The van der Waals surface area contributed by atoms with Gasteiger partial charge in [-0.05, 0) is 105 Å². The lowest BCUT2D eigenvalue weighted by atomic mass is 9.81. The molecule has 0 aliphatic carbocycles. The van der Waals surface area contributed by atoms with Crippen molar-refractivity contribution in [2.45, 2.75) is 40.0 Å². The molecule has 1 aliphatic heterocycles. The van der Waals surface area contributed by atoms with E-state index in [-0.39, 0.29) is 5.41 Å². The number of para-hydroxylation sites is 1. The zero-order chi connectivity index (χ0) is 32.0. The summed E-state index contributed by atoms with van der Waals surface area (Å²) in [5.74, 6) is 0. The van der Waals surface area contributed by atoms with Crippen molar-refractivity contribution in [3.8, 4) is 33.4 Å². The Kier molecular flexibility index (Phi) is 5.96. The summed E-state index contributed by atoms with van der Waals surface area (Å²) in [4.78, 5) is 2.53. The number of nitrogens with zero attached hydrogens (tertiary/aromatic N) is 1. The second-order valence-corrected chi connectivity index (χ2v) is 14.4. The van der Waals surface area contributed by atoms with E-state index >= 15 is 0 Å². The highest BCUT2D eigenvalue weighted by atomic mass is 15.2. The molecule has 0 atom stereocenters. The van der Waals surface area contributed by atoms with Crippen molar-refractivity contribution in [3.63, 3.8) is 0 Å². The van der Waals surface area contributed by atoms with E-state index in [0.717, 1.165) is 0 Å². The van der Waals surface area contributed by atoms with Crippen molar-refractivity contribution in [2.75, 3.05) is 4.90 Å². The summed E-state index contributed by atoms with van der Waals surface area (Å²) in [5.41, 5.74) is 15.0. The van der Waals surface area contributed by atoms with Gasteiger partial charge in [-0.2, -0.15) is 0 Å². The van der Waals surface area contributed by atoms with E-state index in [9.17, 15) is 0 Å². The van der Waals surface area contributed by atoms with Gasteiger partial charge in [0.2, 0.25) is 0 Å². The van der Waals surface area contributed by atoms with Crippen LogP contribution in [0.2, 0.25) is 0 Å². The van der Waals surface area contributed by atoms with Gasteiger partial charge in [0.1, 0.15) is 0 Å². The molecule has 226 valence electrons. The summed E-state index contributed by atoms with van der Waals surface area (Å²) in [7, 11) is 0. The number of aryl methyl sites for hydroxylation is 2. The van der Waals surface area contributed by atoms with Gasteiger partial charge in [0.15, 0.2) is 0 Å². The first-order valence-electron chi connectivity index (χ1n) is 16.7. The third kappa shape index (κ3) is 4.37. The maximum absolute atomic E-state index is 2.53. The molecule has 0 saturated heterocycles. The molecule has 0 unspecified atom stereocenters. The minimum Gasteiger partial charge on any atom is -0.309 e. The highest BCUT2D eigenvalue weighted by Crippen LogP contribution is 2.55. The summed E-state index contributed by atoms with van der Waals surface area (Å²) in [6.45, 7) is 11.2. The molecule has 9 rings (SSSR count). The molecule has 1 heteroatoms. The van der Waals surface area contributed by atoms with Crippen molar-refractivity contribution in [1.82, 2.24) is 0 Å². The summed E-state index contributed by atoms with van der Waals surface area (Å²) >= 11 is 0. The molecule has 0 saturated carbocycles. The minimum atomic E-state index is 0.0461. The van der Waals surface area contributed by atoms with Crippen molar-refractivity contribution in [2.24, 2.45) is 0 Å². The van der Waals surface area contributed by atoms with E-state index in [1.165, 1.54) is 99.5 Å². The largest absolute Gasteiger partial charge is 0.309 e. The molecule has 47 heavy (non-hydrogen) atoms. The first-order valence-corrected chi connectivity index (χ1v) is 16.7. The van der Waals surface area contributed by atoms with Crippen LogP contribution in [0.15, 0.2) is 133 Å². The van der Waals surface area contributed by atoms with Gasteiger partial charge in [0.05, 0.1) is 11.4 Å². The topological polar surface area (TPSA) is 3.24 Å². The van der Waals surface area contributed by atoms with E-state index in [1.54, 1.807) is 0 Å². The molecule has 0 amide bonds. The van der Waals surface area contributed by atoms with Gasteiger partial charge in [-0.25, -0.2) is 0 Å². The molecule has 8 aromatic carbocycles. The molecule has 0 radical (unpaired) electrons. The number of rotatable bonds is 3. The van der Waals surface area contributed by atoms with Crippen LogP contribution in [0.5, 0.6) is 0 Å². The molecule has 0 fully saturated rings. The van der Waals surface area contributed by atoms with E-state index in [2.05, 4.69) is 173 Å². The van der Waals surface area contributed by atoms with Crippen molar-refractivity contribution >= 4 is 49.4 Å². The van der Waals surface area contributed by atoms with Gasteiger partial charge >= 0.3 is 0 Å². The smallest absolute Gasteiger partial charge is 0.0553 e. The van der Waals surface area contributed by atoms with Crippen LogP contribution in [-0.2, 0) is 5.41 Å². The fraction of sp³-hybridized carbons (Fsp3) is 0.130.